The van der Waals surface area contributed by atoms with Gasteiger partial charge in [0.05, 0.1) is 11.8 Å². The Balaban J connectivity index is 2.06. The average molecular weight is 364 g/mol. The molecule has 5 N–H and O–H groups in total. The van der Waals surface area contributed by atoms with Gasteiger partial charge in [-0.2, -0.15) is 5.10 Å². The molecule has 1 heterocycles. The number of carbonyl (C=O) groups excluding carboxylic acids is 2. The minimum absolute atomic E-state index is 0.352. The summed E-state index contributed by atoms with van der Waals surface area (Å²) in [5, 5.41) is 18.1. The summed E-state index contributed by atoms with van der Waals surface area (Å²) in [4.78, 5) is 24.2. The zero-order valence-electron chi connectivity index (χ0n) is 15.0. The van der Waals surface area contributed by atoms with Gasteiger partial charge < -0.3 is 16.2 Å². The van der Waals surface area contributed by atoms with Crippen molar-refractivity contribution in [1.82, 2.24) is 15.5 Å². The van der Waals surface area contributed by atoms with E-state index in [1.165, 1.54) is 0 Å². The predicted molar refractivity (Wildman–Crippen MR) is 100 cm³/mol. The summed E-state index contributed by atoms with van der Waals surface area (Å²) in [7, 11) is 0. The van der Waals surface area contributed by atoms with Crippen molar-refractivity contribution >= 4 is 11.7 Å². The quantitative estimate of drug-likeness (QED) is 0.565. The maximum absolute atomic E-state index is 12.4. The van der Waals surface area contributed by atoms with Crippen LogP contribution in [0.3, 0.4) is 0 Å². The van der Waals surface area contributed by atoms with E-state index in [2.05, 4.69) is 39.2 Å². The number of nitrogens with two attached hydrogens (primary N) is 1. The van der Waals surface area contributed by atoms with E-state index in [0.717, 1.165) is 5.56 Å². The largest absolute Gasteiger partial charge is 0.388 e. The van der Waals surface area contributed by atoms with Crippen LogP contribution in [0.5, 0.6) is 0 Å². The van der Waals surface area contributed by atoms with Crippen LogP contribution in [0.15, 0.2) is 36.7 Å². The molecule has 0 saturated carbocycles. The molecule has 0 unspecified atom stereocenters. The number of ketones is 1. The number of Topliss-reactive ketones (excluding diaryl/α,β-unsaturated/α-hetero) is 1. The Hall–Kier alpha value is -3.39. The molecule has 2 aromatic rings. The summed E-state index contributed by atoms with van der Waals surface area (Å²) >= 11 is 0. The maximum atomic E-state index is 12.4. The van der Waals surface area contributed by atoms with Gasteiger partial charge in [0.25, 0.3) is 5.91 Å². The second kappa shape index (κ2) is 8.81. The normalized spacial score (nSPS) is 11.4. The van der Waals surface area contributed by atoms with Crippen molar-refractivity contribution in [2.24, 2.45) is 5.73 Å². The fourth-order valence-corrected chi connectivity index (χ4v) is 2.22. The van der Waals surface area contributed by atoms with E-state index in [9.17, 15) is 9.59 Å². The van der Waals surface area contributed by atoms with Gasteiger partial charge >= 0.3 is 0 Å². The molecule has 138 valence electrons. The lowest BCUT2D eigenvalue weighted by molar-refractivity contribution is -0.124. The molecule has 0 spiro atoms. The number of nitrogens with one attached hydrogen (secondary N) is 2. The molecule has 7 nitrogen and oxygen atoms in total. The molecule has 0 radical (unpaired) electrons. The topological polar surface area (TPSA) is 121 Å². The summed E-state index contributed by atoms with van der Waals surface area (Å²) < 4.78 is 0. The first-order chi connectivity index (χ1) is 12.8. The monoisotopic (exact) mass is 364 g/mol. The van der Waals surface area contributed by atoms with E-state index in [1.54, 1.807) is 50.5 Å². The van der Waals surface area contributed by atoms with Gasteiger partial charge in [-0.15, -0.1) is 0 Å². The van der Waals surface area contributed by atoms with Crippen LogP contribution in [-0.4, -0.2) is 45.2 Å². The van der Waals surface area contributed by atoms with Crippen LogP contribution in [0.2, 0.25) is 0 Å². The molecule has 1 aromatic carbocycles. The number of carbonyl (C=O) groups is 2. The van der Waals surface area contributed by atoms with Crippen molar-refractivity contribution in [3.8, 4) is 23.7 Å². The molecule has 0 aliphatic heterocycles. The van der Waals surface area contributed by atoms with E-state index in [4.69, 9.17) is 10.8 Å². The molecule has 0 saturated heterocycles. The molecule has 0 aliphatic rings. The lowest BCUT2D eigenvalue weighted by atomic mass is 9.92. The minimum atomic E-state index is -1.01. The first kappa shape index (κ1) is 19.9. The number of aliphatic hydroxyl groups is 1. The van der Waals surface area contributed by atoms with Gasteiger partial charge in [0.15, 0.2) is 5.78 Å². The molecular formula is C20H20N4O3. The molecule has 1 aromatic heterocycles. The Kier molecular flexibility index (Phi) is 6.51. The van der Waals surface area contributed by atoms with Crippen LogP contribution >= 0.6 is 0 Å². The number of nitrogens with zero attached hydrogens (tertiary/aromatic N) is 1. The third-order valence-electron chi connectivity index (χ3n) is 3.62. The fraction of sp³-hybridized carbons (Fsp3) is 0.250. The van der Waals surface area contributed by atoms with Gasteiger partial charge in [-0.1, -0.05) is 5.92 Å². The van der Waals surface area contributed by atoms with E-state index in [0.29, 0.717) is 11.1 Å². The summed E-state index contributed by atoms with van der Waals surface area (Å²) in [5.41, 5.74) is 6.70. The number of amides is 1. The van der Waals surface area contributed by atoms with Crippen LogP contribution in [0.25, 0.3) is 0 Å². The first-order valence-corrected chi connectivity index (χ1v) is 8.15. The van der Waals surface area contributed by atoms with Crippen molar-refractivity contribution in [2.45, 2.75) is 25.4 Å². The Bertz CT molecular complexity index is 918. The Labute approximate surface area is 157 Å². The number of rotatable bonds is 5. The van der Waals surface area contributed by atoms with Crippen molar-refractivity contribution in [3.05, 3.63) is 53.3 Å². The number of aromatic nitrogens is 2. The lowest BCUT2D eigenvalue weighted by Gasteiger charge is -2.29. The molecule has 1 atom stereocenters. The highest BCUT2D eigenvalue weighted by molar-refractivity contribution is 5.98. The van der Waals surface area contributed by atoms with Gasteiger partial charge in [-0.25, -0.2) is 0 Å². The van der Waals surface area contributed by atoms with Crippen LogP contribution in [-0.2, 0) is 4.79 Å². The molecule has 1 amide bonds. The van der Waals surface area contributed by atoms with E-state index in [-0.39, 0.29) is 0 Å². The lowest BCUT2D eigenvalue weighted by Crippen LogP contribution is -2.59. The van der Waals surface area contributed by atoms with Crippen LogP contribution in [0.1, 0.15) is 35.3 Å². The number of H-pyrrole nitrogens is 1. The molecule has 7 heteroatoms. The fourth-order valence-electron chi connectivity index (χ4n) is 2.22. The Morgan fingerprint density at radius 3 is 2.37 bits per heavy atom. The third-order valence-corrected chi connectivity index (χ3v) is 3.62. The van der Waals surface area contributed by atoms with Gasteiger partial charge in [-0.3, -0.25) is 14.7 Å². The molecular weight excluding hydrogens is 344 g/mol. The van der Waals surface area contributed by atoms with Gasteiger partial charge in [0, 0.05) is 22.9 Å². The standard InChI is InChI=1S/C20H20N4O3/c1-20(2,21)18(17(26)13-25)24-19(27)16-9-7-14(8-10-16)5-3-4-6-15-11-22-23-12-15/h7-12,18,25H,13,21H2,1-2H3,(H,22,23)(H,24,27)/t18-/m1/s1. The highest BCUT2D eigenvalue weighted by Gasteiger charge is 2.32. The minimum Gasteiger partial charge on any atom is -0.388 e. The zero-order chi connectivity index (χ0) is 19.9. The van der Waals surface area contributed by atoms with E-state index in [1.807, 2.05) is 0 Å². The number of hydrogen-bond donors (Lipinski definition) is 4. The van der Waals surface area contributed by atoms with E-state index < -0.39 is 29.9 Å². The Morgan fingerprint density at radius 1 is 1.22 bits per heavy atom. The van der Waals surface area contributed by atoms with Crippen molar-refractivity contribution in [3.63, 3.8) is 0 Å². The predicted octanol–water partition coefficient (Wildman–Crippen LogP) is 0.210. The van der Waals surface area contributed by atoms with Crippen molar-refractivity contribution < 1.29 is 14.7 Å². The Morgan fingerprint density at radius 2 is 1.85 bits per heavy atom. The third kappa shape index (κ3) is 5.82. The average Bonchev–Trinajstić information content (AvgIpc) is 3.15. The van der Waals surface area contributed by atoms with E-state index >= 15 is 0 Å². The number of aromatic amines is 1. The SMILES string of the molecule is CC(C)(N)[C@H](NC(=O)c1ccc(C#CC#Cc2cn[nH]c2)cc1)C(=O)CO. The highest BCUT2D eigenvalue weighted by Crippen LogP contribution is 2.09. The molecule has 2 rings (SSSR count). The maximum Gasteiger partial charge on any atom is 0.251 e. The molecule has 0 fully saturated rings. The second-order valence-corrected chi connectivity index (χ2v) is 6.42. The summed E-state index contributed by atoms with van der Waals surface area (Å²) in [5.74, 6) is 10.1. The van der Waals surface area contributed by atoms with Gasteiger partial charge in [0.2, 0.25) is 0 Å². The van der Waals surface area contributed by atoms with Crippen LogP contribution in [0.4, 0.5) is 0 Å². The zero-order valence-corrected chi connectivity index (χ0v) is 15.0. The summed E-state index contributed by atoms with van der Waals surface area (Å²) in [6.07, 6.45) is 3.26. The van der Waals surface area contributed by atoms with Crippen LogP contribution < -0.4 is 11.1 Å². The summed E-state index contributed by atoms with van der Waals surface area (Å²) in [6.45, 7) is 2.52. The summed E-state index contributed by atoms with van der Waals surface area (Å²) in [6, 6.07) is 5.54. The molecule has 0 aliphatic carbocycles. The first-order valence-electron chi connectivity index (χ1n) is 8.15. The van der Waals surface area contributed by atoms with Gasteiger partial charge in [-0.05, 0) is 55.9 Å². The number of aliphatic hydroxyl groups excluding tert-OH is 1. The van der Waals surface area contributed by atoms with Crippen molar-refractivity contribution in [2.75, 3.05) is 6.61 Å². The molecule has 0 bridgehead atoms. The van der Waals surface area contributed by atoms with Gasteiger partial charge in [0.1, 0.15) is 12.6 Å². The van der Waals surface area contributed by atoms with Crippen LogP contribution in [0, 0.1) is 23.7 Å². The second-order valence-electron chi connectivity index (χ2n) is 6.42. The number of hydrogen-bond acceptors (Lipinski definition) is 5. The number of benzene rings is 1. The highest BCUT2D eigenvalue weighted by atomic mass is 16.3. The molecule has 27 heavy (non-hydrogen) atoms. The van der Waals surface area contributed by atoms with Crippen molar-refractivity contribution in [1.29, 1.82) is 0 Å². The smallest absolute Gasteiger partial charge is 0.251 e.